The van der Waals surface area contributed by atoms with Crippen LogP contribution in [-0.4, -0.2) is 24.7 Å². The number of hydrogen-bond acceptors (Lipinski definition) is 6. The third-order valence-electron chi connectivity index (χ3n) is 3.56. The highest BCUT2D eigenvalue weighted by Crippen LogP contribution is 2.32. The van der Waals surface area contributed by atoms with Crippen molar-refractivity contribution in [2.24, 2.45) is 5.73 Å². The summed E-state index contributed by atoms with van der Waals surface area (Å²) in [5.41, 5.74) is 7.17. The van der Waals surface area contributed by atoms with Gasteiger partial charge in [0.25, 0.3) is 0 Å². The molecule has 0 radical (unpaired) electrons. The number of amidine groups is 1. The first-order valence-corrected chi connectivity index (χ1v) is 8.67. The van der Waals surface area contributed by atoms with Crippen molar-refractivity contribution in [3.05, 3.63) is 53.6 Å². The van der Waals surface area contributed by atoms with Crippen LogP contribution in [0.5, 0.6) is 5.75 Å². The Kier molecular flexibility index (Phi) is 8.28. The van der Waals surface area contributed by atoms with Gasteiger partial charge in [0.1, 0.15) is 11.6 Å². The van der Waals surface area contributed by atoms with E-state index in [0.717, 1.165) is 10.6 Å². The minimum atomic E-state index is -1.23. The zero-order valence-electron chi connectivity index (χ0n) is 14.4. The van der Waals surface area contributed by atoms with Crippen LogP contribution in [0.15, 0.2) is 47.4 Å². The quantitative estimate of drug-likeness (QED) is 0.360. The molecule has 0 spiro atoms. The molecule has 0 amide bonds. The lowest BCUT2D eigenvalue weighted by Gasteiger charge is -2.22. The lowest BCUT2D eigenvalue weighted by Crippen LogP contribution is -2.34. The molecule has 0 aliphatic carbocycles. The van der Waals surface area contributed by atoms with Gasteiger partial charge in [-0.05, 0) is 47.7 Å². The zero-order chi connectivity index (χ0) is 18.4. The van der Waals surface area contributed by atoms with E-state index in [-0.39, 0.29) is 18.2 Å². The Labute approximate surface area is 163 Å². The fraction of sp³-hybridized carbons (Fsp3) is 0.222. The smallest absolute Gasteiger partial charge is 0.132 e. The second-order valence-electron chi connectivity index (χ2n) is 5.23. The van der Waals surface area contributed by atoms with Gasteiger partial charge in [0.2, 0.25) is 0 Å². The molecule has 0 heterocycles. The van der Waals surface area contributed by atoms with Crippen LogP contribution < -0.4 is 20.9 Å². The molecular formula is C18H21ClN3O3S-. The number of rotatable bonds is 8. The first-order valence-electron chi connectivity index (χ1n) is 7.68. The number of carbonyl (C=O) groups is 1. The number of anilines is 1. The van der Waals surface area contributed by atoms with Crippen LogP contribution in [0, 0.1) is 5.41 Å². The number of hydrogen-bond donors (Lipinski definition) is 3. The average Bonchev–Trinajstić information content (AvgIpc) is 2.60. The molecule has 0 aliphatic heterocycles. The predicted molar refractivity (Wildman–Crippen MR) is 105 cm³/mol. The Hall–Kier alpha value is -2.38. The monoisotopic (exact) mass is 394 g/mol. The SMILES string of the molecule is CCSc1cc(C(Nc2ccc(C(=N)N)cc2)C(=O)[O-])ccc1OC.Cl. The summed E-state index contributed by atoms with van der Waals surface area (Å²) in [6.45, 7) is 2.02. The van der Waals surface area contributed by atoms with E-state index in [0.29, 0.717) is 22.6 Å². The van der Waals surface area contributed by atoms with Gasteiger partial charge in [0.15, 0.2) is 0 Å². The van der Waals surface area contributed by atoms with Crippen molar-refractivity contribution in [3.63, 3.8) is 0 Å². The van der Waals surface area contributed by atoms with Crippen LogP contribution in [0.25, 0.3) is 0 Å². The number of aliphatic carboxylic acids is 1. The first-order chi connectivity index (χ1) is 12.0. The molecule has 2 rings (SSSR count). The molecule has 2 aromatic carbocycles. The third-order valence-corrected chi connectivity index (χ3v) is 4.48. The number of ether oxygens (including phenoxy) is 1. The summed E-state index contributed by atoms with van der Waals surface area (Å²) in [5, 5.41) is 22.0. The van der Waals surface area contributed by atoms with Crippen LogP contribution in [-0.2, 0) is 4.79 Å². The Morgan fingerprint density at radius 2 is 1.96 bits per heavy atom. The van der Waals surface area contributed by atoms with Gasteiger partial charge in [-0.25, -0.2) is 0 Å². The Balaban J connectivity index is 0.00000338. The molecule has 2 aromatic rings. The van der Waals surface area contributed by atoms with E-state index >= 15 is 0 Å². The number of methoxy groups -OCH3 is 1. The number of thioether (sulfide) groups is 1. The van der Waals surface area contributed by atoms with Crippen molar-refractivity contribution >= 4 is 41.7 Å². The normalized spacial score (nSPS) is 11.2. The van der Waals surface area contributed by atoms with Crippen LogP contribution >= 0.6 is 24.2 Å². The number of nitrogen functional groups attached to an aromatic ring is 1. The van der Waals surface area contributed by atoms with E-state index < -0.39 is 12.0 Å². The summed E-state index contributed by atoms with van der Waals surface area (Å²) in [6, 6.07) is 10.9. The van der Waals surface area contributed by atoms with Crippen molar-refractivity contribution in [2.45, 2.75) is 17.9 Å². The molecule has 26 heavy (non-hydrogen) atoms. The predicted octanol–water partition coefficient (Wildman–Crippen LogP) is 2.42. The molecule has 140 valence electrons. The number of carboxylic acids is 1. The summed E-state index contributed by atoms with van der Waals surface area (Å²) < 4.78 is 5.31. The van der Waals surface area contributed by atoms with Crippen molar-refractivity contribution < 1.29 is 14.6 Å². The standard InChI is InChI=1S/C18H21N3O3S.ClH/c1-3-25-15-10-12(6-9-14(15)24-2)16(18(22)23)21-13-7-4-11(5-8-13)17(19)20;/h4-10,16,21H,3H2,1-2H3,(H3,19,20)(H,22,23);1H/p-1. The topological polar surface area (TPSA) is 111 Å². The van der Waals surface area contributed by atoms with Crippen molar-refractivity contribution in [3.8, 4) is 5.75 Å². The lowest BCUT2D eigenvalue weighted by atomic mass is 10.1. The third kappa shape index (κ3) is 5.31. The van der Waals surface area contributed by atoms with Gasteiger partial charge in [0, 0.05) is 16.1 Å². The van der Waals surface area contributed by atoms with E-state index in [4.69, 9.17) is 15.9 Å². The molecule has 1 atom stereocenters. The molecule has 0 saturated heterocycles. The number of carbonyl (C=O) groups excluding carboxylic acids is 1. The van der Waals surface area contributed by atoms with E-state index in [1.807, 2.05) is 6.92 Å². The summed E-state index contributed by atoms with van der Waals surface area (Å²) in [4.78, 5) is 12.5. The van der Waals surface area contributed by atoms with Crippen LogP contribution in [0.1, 0.15) is 24.1 Å². The maximum absolute atomic E-state index is 11.6. The summed E-state index contributed by atoms with van der Waals surface area (Å²) in [5.74, 6) is 0.279. The molecule has 0 fully saturated rings. The van der Waals surface area contributed by atoms with Gasteiger partial charge < -0.3 is 25.7 Å². The number of nitrogens with one attached hydrogen (secondary N) is 2. The Bertz CT molecular complexity index is 769. The highest BCUT2D eigenvalue weighted by molar-refractivity contribution is 7.99. The van der Waals surface area contributed by atoms with E-state index in [1.54, 1.807) is 61.3 Å². The molecule has 0 bridgehead atoms. The number of nitrogens with two attached hydrogens (primary N) is 1. The molecule has 0 saturated carbocycles. The fourth-order valence-electron chi connectivity index (χ4n) is 2.33. The van der Waals surface area contributed by atoms with Crippen molar-refractivity contribution in [1.29, 1.82) is 5.41 Å². The highest BCUT2D eigenvalue weighted by Gasteiger charge is 2.15. The van der Waals surface area contributed by atoms with Gasteiger partial charge in [-0.3, -0.25) is 5.41 Å². The van der Waals surface area contributed by atoms with E-state index in [2.05, 4.69) is 5.32 Å². The van der Waals surface area contributed by atoms with E-state index in [1.165, 1.54) is 0 Å². The molecule has 6 nitrogen and oxygen atoms in total. The first kappa shape index (κ1) is 21.7. The van der Waals surface area contributed by atoms with Crippen LogP contribution in [0.4, 0.5) is 5.69 Å². The summed E-state index contributed by atoms with van der Waals surface area (Å²) in [7, 11) is 1.58. The van der Waals surface area contributed by atoms with Crippen LogP contribution in [0.2, 0.25) is 0 Å². The fourth-order valence-corrected chi connectivity index (χ4v) is 3.16. The van der Waals surface area contributed by atoms with Crippen molar-refractivity contribution in [1.82, 2.24) is 0 Å². The highest BCUT2D eigenvalue weighted by atomic mass is 35.5. The molecule has 1 unspecified atom stereocenters. The van der Waals surface area contributed by atoms with Gasteiger partial charge in [-0.15, -0.1) is 24.2 Å². The van der Waals surface area contributed by atoms with Gasteiger partial charge in [-0.2, -0.15) is 0 Å². The minimum absolute atomic E-state index is 0. The maximum Gasteiger partial charge on any atom is 0.132 e. The second-order valence-corrected chi connectivity index (χ2v) is 6.54. The molecule has 0 aromatic heterocycles. The molecule has 4 N–H and O–H groups in total. The van der Waals surface area contributed by atoms with Gasteiger partial charge in [0.05, 0.1) is 19.1 Å². The second kappa shape index (κ2) is 9.94. The van der Waals surface area contributed by atoms with Crippen LogP contribution in [0.3, 0.4) is 0 Å². The largest absolute Gasteiger partial charge is 0.548 e. The van der Waals surface area contributed by atoms with E-state index in [9.17, 15) is 9.90 Å². The number of halogens is 1. The number of carboxylic acid groups (broad SMARTS) is 1. The Morgan fingerprint density at radius 1 is 1.31 bits per heavy atom. The average molecular weight is 395 g/mol. The Morgan fingerprint density at radius 3 is 2.46 bits per heavy atom. The number of benzene rings is 2. The van der Waals surface area contributed by atoms with Gasteiger partial charge >= 0.3 is 0 Å². The minimum Gasteiger partial charge on any atom is -0.548 e. The molecule has 8 heteroatoms. The molecular weight excluding hydrogens is 374 g/mol. The zero-order valence-corrected chi connectivity index (χ0v) is 16.1. The summed E-state index contributed by atoms with van der Waals surface area (Å²) >= 11 is 1.58. The van der Waals surface area contributed by atoms with Crippen molar-refractivity contribution in [2.75, 3.05) is 18.2 Å². The lowest BCUT2D eigenvalue weighted by molar-refractivity contribution is -0.307. The summed E-state index contributed by atoms with van der Waals surface area (Å²) in [6.07, 6.45) is 0. The van der Waals surface area contributed by atoms with Gasteiger partial charge in [-0.1, -0.05) is 13.0 Å². The maximum atomic E-state index is 11.6. The molecule has 0 aliphatic rings.